The minimum atomic E-state index is -0.837. The SMILES string of the molecule is C[C@@H]1C=C[C@H](C)ON1/C(=N\C(=O)OC(C)(C)C)NC(=O)OC(C)(C)C. The molecule has 1 N–H and O–H groups in total. The van der Waals surface area contributed by atoms with Gasteiger partial charge in [-0.05, 0) is 55.4 Å². The average molecular weight is 355 g/mol. The van der Waals surface area contributed by atoms with Gasteiger partial charge in [-0.3, -0.25) is 10.2 Å². The number of nitrogens with one attached hydrogen (secondary N) is 1. The van der Waals surface area contributed by atoms with Gasteiger partial charge < -0.3 is 9.47 Å². The molecule has 25 heavy (non-hydrogen) atoms. The van der Waals surface area contributed by atoms with Crippen molar-refractivity contribution in [2.75, 3.05) is 0 Å². The fourth-order valence-electron chi connectivity index (χ4n) is 1.85. The van der Waals surface area contributed by atoms with E-state index in [0.29, 0.717) is 0 Å². The van der Waals surface area contributed by atoms with Gasteiger partial charge in [-0.2, -0.15) is 0 Å². The van der Waals surface area contributed by atoms with Gasteiger partial charge in [0.1, 0.15) is 17.3 Å². The predicted molar refractivity (Wildman–Crippen MR) is 94.0 cm³/mol. The van der Waals surface area contributed by atoms with Gasteiger partial charge in [-0.1, -0.05) is 12.2 Å². The van der Waals surface area contributed by atoms with Crippen LogP contribution in [0.3, 0.4) is 0 Å². The molecule has 142 valence electrons. The maximum Gasteiger partial charge on any atom is 0.437 e. The van der Waals surface area contributed by atoms with Crippen LogP contribution in [-0.4, -0.2) is 46.6 Å². The molecule has 8 nitrogen and oxygen atoms in total. The Bertz CT molecular complexity index is 558. The topological polar surface area (TPSA) is 89.5 Å². The Morgan fingerprint density at radius 1 is 1.04 bits per heavy atom. The van der Waals surface area contributed by atoms with Crippen molar-refractivity contribution in [1.29, 1.82) is 0 Å². The van der Waals surface area contributed by atoms with Gasteiger partial charge >= 0.3 is 12.2 Å². The standard InChI is InChI=1S/C17H29N3O5/c1-11-9-10-12(2)25-20(11)13(18-14(21)23-16(3,4)5)19-15(22)24-17(6,7)8/h9-12H,1-8H3,(H,18,19,21,22)/t11-,12+/m1/s1. The number of hydroxylamine groups is 2. The van der Waals surface area contributed by atoms with Crippen molar-refractivity contribution in [2.45, 2.75) is 78.7 Å². The number of aliphatic imine (C=N–C) groups is 1. The first-order valence-corrected chi connectivity index (χ1v) is 8.23. The van der Waals surface area contributed by atoms with E-state index in [-0.39, 0.29) is 18.1 Å². The highest BCUT2D eigenvalue weighted by atomic mass is 16.7. The summed E-state index contributed by atoms with van der Waals surface area (Å²) in [6.45, 7) is 14.1. The number of carbonyl (C=O) groups is 2. The van der Waals surface area contributed by atoms with Gasteiger partial charge in [0.15, 0.2) is 0 Å². The summed E-state index contributed by atoms with van der Waals surface area (Å²) in [7, 11) is 0. The summed E-state index contributed by atoms with van der Waals surface area (Å²) < 4.78 is 10.4. The maximum atomic E-state index is 12.1. The zero-order valence-corrected chi connectivity index (χ0v) is 16.2. The summed E-state index contributed by atoms with van der Waals surface area (Å²) in [6, 6.07) is -0.243. The second-order valence-corrected chi connectivity index (χ2v) is 7.80. The quantitative estimate of drug-likeness (QED) is 0.407. The molecule has 0 spiro atoms. The number of rotatable bonds is 0. The van der Waals surface area contributed by atoms with E-state index in [1.54, 1.807) is 41.5 Å². The van der Waals surface area contributed by atoms with Crippen LogP contribution >= 0.6 is 0 Å². The van der Waals surface area contributed by atoms with E-state index in [1.807, 2.05) is 26.0 Å². The highest BCUT2D eigenvalue weighted by molar-refractivity contribution is 5.98. The van der Waals surface area contributed by atoms with Crippen molar-refractivity contribution in [3.63, 3.8) is 0 Å². The number of amides is 2. The molecule has 0 fully saturated rings. The minimum absolute atomic E-state index is 0.0906. The number of ether oxygens (including phenoxy) is 2. The monoisotopic (exact) mass is 355 g/mol. The molecule has 8 heteroatoms. The first-order chi connectivity index (χ1) is 11.3. The number of guanidine groups is 1. The van der Waals surface area contributed by atoms with Crippen LogP contribution in [0.25, 0.3) is 0 Å². The zero-order valence-electron chi connectivity index (χ0n) is 16.2. The van der Waals surface area contributed by atoms with Crippen molar-refractivity contribution in [3.05, 3.63) is 12.2 Å². The molecule has 0 aromatic carbocycles. The van der Waals surface area contributed by atoms with Crippen LogP contribution in [0.15, 0.2) is 17.1 Å². The number of hydrogen-bond donors (Lipinski definition) is 1. The summed E-state index contributed by atoms with van der Waals surface area (Å²) in [5.74, 6) is -0.0906. The zero-order chi connectivity index (χ0) is 19.4. The number of hydrogen-bond acceptors (Lipinski definition) is 5. The van der Waals surface area contributed by atoms with E-state index >= 15 is 0 Å². The van der Waals surface area contributed by atoms with Crippen molar-refractivity contribution < 1.29 is 23.9 Å². The molecule has 0 bridgehead atoms. The molecule has 2 atom stereocenters. The van der Waals surface area contributed by atoms with Gasteiger partial charge in [0.25, 0.3) is 0 Å². The molecule has 0 aliphatic carbocycles. The Labute approximate surface area is 149 Å². The fraction of sp³-hybridized carbons (Fsp3) is 0.706. The van der Waals surface area contributed by atoms with E-state index in [0.717, 1.165) is 0 Å². The molecule has 1 heterocycles. The first-order valence-electron chi connectivity index (χ1n) is 8.23. The lowest BCUT2D eigenvalue weighted by Gasteiger charge is -2.34. The summed E-state index contributed by atoms with van der Waals surface area (Å²) >= 11 is 0. The van der Waals surface area contributed by atoms with Crippen LogP contribution < -0.4 is 5.32 Å². The van der Waals surface area contributed by atoms with E-state index in [9.17, 15) is 9.59 Å². The lowest BCUT2D eigenvalue weighted by Crippen LogP contribution is -2.51. The predicted octanol–water partition coefficient (Wildman–Crippen LogP) is 3.38. The van der Waals surface area contributed by atoms with Crippen LogP contribution in [-0.2, 0) is 14.3 Å². The third-order valence-electron chi connectivity index (χ3n) is 2.72. The smallest absolute Gasteiger partial charge is 0.437 e. The lowest BCUT2D eigenvalue weighted by molar-refractivity contribution is -0.147. The lowest BCUT2D eigenvalue weighted by atomic mass is 10.2. The van der Waals surface area contributed by atoms with Crippen LogP contribution in [0, 0.1) is 0 Å². The van der Waals surface area contributed by atoms with Gasteiger partial charge in [0.2, 0.25) is 5.96 Å². The maximum absolute atomic E-state index is 12.1. The minimum Gasteiger partial charge on any atom is -0.444 e. The molecule has 0 unspecified atom stereocenters. The molecule has 0 aromatic rings. The number of nitrogens with zero attached hydrogens (tertiary/aromatic N) is 2. The van der Waals surface area contributed by atoms with E-state index in [2.05, 4.69) is 10.3 Å². The molecule has 0 aromatic heterocycles. The molecule has 0 saturated carbocycles. The Balaban J connectivity index is 3.03. The van der Waals surface area contributed by atoms with Gasteiger partial charge in [0.05, 0.1) is 6.04 Å². The van der Waals surface area contributed by atoms with E-state index in [4.69, 9.17) is 14.3 Å². The second kappa shape index (κ2) is 7.86. The third-order valence-corrected chi connectivity index (χ3v) is 2.72. The van der Waals surface area contributed by atoms with Crippen LogP contribution in [0.1, 0.15) is 55.4 Å². The molecular formula is C17H29N3O5. The normalized spacial score (nSPS) is 21.8. The molecule has 0 radical (unpaired) electrons. The number of alkyl carbamates (subject to hydrolysis) is 1. The molecule has 1 rings (SSSR count). The number of carbonyl (C=O) groups excluding carboxylic acids is 2. The average Bonchev–Trinajstić information content (AvgIpc) is 2.36. The van der Waals surface area contributed by atoms with Crippen LogP contribution in [0.5, 0.6) is 0 Å². The molecule has 2 amide bonds. The highest BCUT2D eigenvalue weighted by Crippen LogP contribution is 2.15. The Kier molecular flexibility index (Phi) is 6.59. The van der Waals surface area contributed by atoms with Crippen LogP contribution in [0.4, 0.5) is 9.59 Å². The van der Waals surface area contributed by atoms with Crippen molar-refractivity contribution in [3.8, 4) is 0 Å². The Morgan fingerprint density at radius 2 is 1.60 bits per heavy atom. The van der Waals surface area contributed by atoms with Gasteiger partial charge in [-0.25, -0.2) is 14.7 Å². The van der Waals surface area contributed by atoms with Crippen molar-refractivity contribution in [1.82, 2.24) is 10.4 Å². The van der Waals surface area contributed by atoms with Crippen molar-refractivity contribution in [2.24, 2.45) is 4.99 Å². The molecular weight excluding hydrogens is 326 g/mol. The molecule has 0 saturated heterocycles. The summed E-state index contributed by atoms with van der Waals surface area (Å²) in [5.41, 5.74) is -1.40. The Hall–Kier alpha value is -2.09. The summed E-state index contributed by atoms with van der Waals surface area (Å²) in [4.78, 5) is 33.7. The van der Waals surface area contributed by atoms with E-state index in [1.165, 1.54) is 5.06 Å². The summed E-state index contributed by atoms with van der Waals surface area (Å²) in [6.07, 6.45) is 1.94. The first kappa shape index (κ1) is 21.0. The summed E-state index contributed by atoms with van der Waals surface area (Å²) in [5, 5.41) is 3.81. The second-order valence-electron chi connectivity index (χ2n) is 7.80. The van der Waals surface area contributed by atoms with E-state index < -0.39 is 23.4 Å². The fourth-order valence-corrected chi connectivity index (χ4v) is 1.85. The van der Waals surface area contributed by atoms with Gasteiger partial charge in [0, 0.05) is 0 Å². The Morgan fingerprint density at radius 3 is 2.12 bits per heavy atom. The van der Waals surface area contributed by atoms with Gasteiger partial charge in [-0.15, -0.1) is 4.99 Å². The third kappa shape index (κ3) is 8.02. The largest absolute Gasteiger partial charge is 0.444 e. The van der Waals surface area contributed by atoms with Crippen molar-refractivity contribution >= 4 is 18.1 Å². The van der Waals surface area contributed by atoms with Crippen LogP contribution in [0.2, 0.25) is 0 Å². The molecule has 1 aliphatic rings. The molecule has 1 aliphatic heterocycles. The highest BCUT2D eigenvalue weighted by Gasteiger charge is 2.28.